The van der Waals surface area contributed by atoms with E-state index in [-0.39, 0.29) is 33.6 Å². The van der Waals surface area contributed by atoms with E-state index in [1.807, 2.05) is 0 Å². The van der Waals surface area contributed by atoms with E-state index in [0.717, 1.165) is 13.1 Å². The van der Waals surface area contributed by atoms with Gasteiger partial charge in [-0.05, 0) is 31.2 Å². The minimum absolute atomic E-state index is 0.00653. The van der Waals surface area contributed by atoms with E-state index in [1.54, 1.807) is 55.1 Å². The van der Waals surface area contributed by atoms with Crippen LogP contribution in [0.5, 0.6) is 0 Å². The van der Waals surface area contributed by atoms with Crippen molar-refractivity contribution < 1.29 is 23.4 Å². The number of anilines is 1. The molecule has 1 amide bonds. The van der Waals surface area contributed by atoms with Gasteiger partial charge in [0.05, 0.1) is 41.3 Å². The van der Waals surface area contributed by atoms with Crippen molar-refractivity contribution in [2.45, 2.75) is 19.7 Å². The molecule has 1 fully saturated rings. The highest BCUT2D eigenvalue weighted by molar-refractivity contribution is 6.34. The highest BCUT2D eigenvalue weighted by Crippen LogP contribution is 2.34. The number of amides is 1. The van der Waals surface area contributed by atoms with E-state index in [0.29, 0.717) is 48.7 Å². The zero-order valence-corrected chi connectivity index (χ0v) is 24.3. The lowest BCUT2D eigenvalue weighted by Crippen LogP contribution is -2.46. The first-order valence-electron chi connectivity index (χ1n) is 13.5. The third-order valence-corrected chi connectivity index (χ3v) is 7.61. The van der Waals surface area contributed by atoms with Gasteiger partial charge in [-0.25, -0.2) is 13.8 Å². The Labute approximate surface area is 246 Å². The standard InChI is InChI=1S/C29H32ClF2N7O3/c1-17-22(16-39(36-17)12-13-42-3)19-6-7-21(26(32)25(19)31)24-15-34-27(37(24)2)28(40)35-18-4-5-20(23(30)14-18)29(41)38-10-8-33-9-11-38/h4-7,14-16,28,33,35,40H,8-13H2,1-3H3. The number of aliphatic hydroxyl groups excluding tert-OH is 1. The van der Waals surface area contributed by atoms with Gasteiger partial charge in [0, 0.05) is 68.9 Å². The molecule has 13 heteroatoms. The van der Waals surface area contributed by atoms with Gasteiger partial charge in [-0.3, -0.25) is 9.48 Å². The predicted octanol–water partition coefficient (Wildman–Crippen LogP) is 3.99. The Morgan fingerprint density at radius 2 is 1.88 bits per heavy atom. The van der Waals surface area contributed by atoms with Crippen molar-refractivity contribution in [3.8, 4) is 22.4 Å². The first kappa shape index (κ1) is 29.6. The zero-order chi connectivity index (χ0) is 30.0. The van der Waals surface area contributed by atoms with E-state index < -0.39 is 17.9 Å². The summed E-state index contributed by atoms with van der Waals surface area (Å²) in [4.78, 5) is 18.8. The van der Waals surface area contributed by atoms with Crippen molar-refractivity contribution >= 4 is 23.2 Å². The molecule has 10 nitrogen and oxygen atoms in total. The Morgan fingerprint density at radius 1 is 1.17 bits per heavy atom. The van der Waals surface area contributed by atoms with Crippen LogP contribution in [0.3, 0.4) is 0 Å². The minimum atomic E-state index is -1.30. The van der Waals surface area contributed by atoms with Crippen LogP contribution in [0.2, 0.25) is 5.02 Å². The monoisotopic (exact) mass is 599 g/mol. The topological polar surface area (TPSA) is 109 Å². The number of nitrogens with zero attached hydrogens (tertiary/aromatic N) is 5. The summed E-state index contributed by atoms with van der Waals surface area (Å²) in [7, 11) is 3.18. The summed E-state index contributed by atoms with van der Waals surface area (Å²) in [5.41, 5.74) is 2.24. The van der Waals surface area contributed by atoms with Gasteiger partial charge < -0.3 is 29.9 Å². The maximum absolute atomic E-state index is 15.4. The van der Waals surface area contributed by atoms with Gasteiger partial charge in [-0.15, -0.1) is 0 Å². The van der Waals surface area contributed by atoms with Crippen molar-refractivity contribution in [2.75, 3.05) is 45.2 Å². The molecule has 3 N–H and O–H groups in total. The van der Waals surface area contributed by atoms with Crippen LogP contribution >= 0.6 is 11.6 Å². The Bertz CT molecular complexity index is 1600. The fourth-order valence-electron chi connectivity index (χ4n) is 5.00. The predicted molar refractivity (Wildman–Crippen MR) is 155 cm³/mol. The van der Waals surface area contributed by atoms with E-state index >= 15 is 8.78 Å². The number of imidazole rings is 1. The quantitative estimate of drug-likeness (QED) is 0.250. The molecule has 1 aliphatic rings. The highest BCUT2D eigenvalue weighted by atomic mass is 35.5. The van der Waals surface area contributed by atoms with Gasteiger partial charge in [-0.1, -0.05) is 17.7 Å². The molecule has 1 saturated heterocycles. The molecule has 1 aliphatic heterocycles. The summed E-state index contributed by atoms with van der Waals surface area (Å²) in [6.45, 7) is 5.30. The van der Waals surface area contributed by atoms with Crippen molar-refractivity contribution in [1.82, 2.24) is 29.5 Å². The molecule has 2 aromatic heterocycles. The van der Waals surface area contributed by atoms with E-state index in [9.17, 15) is 9.90 Å². The van der Waals surface area contributed by atoms with Gasteiger partial charge in [0.15, 0.2) is 23.7 Å². The molecule has 42 heavy (non-hydrogen) atoms. The number of halogens is 3. The average Bonchev–Trinajstić information content (AvgIpc) is 3.55. The van der Waals surface area contributed by atoms with Gasteiger partial charge in [0.1, 0.15) is 0 Å². The van der Waals surface area contributed by atoms with Gasteiger partial charge in [0.25, 0.3) is 5.91 Å². The Morgan fingerprint density at radius 3 is 2.60 bits per heavy atom. The first-order chi connectivity index (χ1) is 20.2. The van der Waals surface area contributed by atoms with Crippen molar-refractivity contribution in [2.24, 2.45) is 7.05 Å². The normalized spacial score (nSPS) is 14.3. The molecule has 0 saturated carbocycles. The number of aryl methyl sites for hydroxylation is 1. The number of aromatic nitrogens is 4. The van der Waals surface area contributed by atoms with Crippen LogP contribution in [0, 0.1) is 18.6 Å². The molecule has 1 atom stereocenters. The lowest BCUT2D eigenvalue weighted by molar-refractivity contribution is 0.0736. The number of carbonyl (C=O) groups is 1. The maximum atomic E-state index is 15.4. The van der Waals surface area contributed by atoms with Crippen LogP contribution < -0.4 is 10.6 Å². The van der Waals surface area contributed by atoms with Crippen LogP contribution in [0.15, 0.2) is 42.7 Å². The first-order valence-corrected chi connectivity index (χ1v) is 13.8. The van der Waals surface area contributed by atoms with Crippen LogP contribution in [0.4, 0.5) is 14.5 Å². The number of rotatable bonds is 9. The third-order valence-electron chi connectivity index (χ3n) is 7.30. The van der Waals surface area contributed by atoms with Gasteiger partial charge in [-0.2, -0.15) is 5.10 Å². The number of nitrogens with one attached hydrogen (secondary N) is 2. The molecule has 4 aromatic rings. The molecule has 222 valence electrons. The number of hydrogen-bond acceptors (Lipinski definition) is 7. The second-order valence-corrected chi connectivity index (χ2v) is 10.4. The number of methoxy groups -OCH3 is 1. The second-order valence-electron chi connectivity index (χ2n) is 10.0. The van der Waals surface area contributed by atoms with E-state index in [4.69, 9.17) is 16.3 Å². The maximum Gasteiger partial charge on any atom is 0.255 e. The SMILES string of the molecule is COCCn1cc(-c2ccc(-c3cnc(C(O)Nc4ccc(C(=O)N5CCNCC5)c(Cl)c4)n3C)c(F)c2F)c(C)n1. The molecule has 3 heterocycles. The Balaban J connectivity index is 1.34. The third kappa shape index (κ3) is 5.88. The summed E-state index contributed by atoms with van der Waals surface area (Å²) in [6.07, 6.45) is 1.73. The van der Waals surface area contributed by atoms with Gasteiger partial charge >= 0.3 is 0 Å². The molecule has 0 radical (unpaired) electrons. The van der Waals surface area contributed by atoms with Gasteiger partial charge in [0.2, 0.25) is 0 Å². The van der Waals surface area contributed by atoms with Crippen LogP contribution in [-0.2, 0) is 18.3 Å². The molecule has 5 rings (SSSR count). The number of ether oxygens (including phenoxy) is 1. The highest BCUT2D eigenvalue weighted by Gasteiger charge is 2.24. The van der Waals surface area contributed by atoms with Crippen molar-refractivity contribution in [1.29, 1.82) is 0 Å². The van der Waals surface area contributed by atoms with Crippen molar-refractivity contribution in [3.63, 3.8) is 0 Å². The fourth-order valence-corrected chi connectivity index (χ4v) is 5.27. The molecular formula is C29H32ClF2N7O3. The molecule has 0 bridgehead atoms. The lowest BCUT2D eigenvalue weighted by Gasteiger charge is -2.27. The molecule has 1 unspecified atom stereocenters. The molecular weight excluding hydrogens is 568 g/mol. The lowest BCUT2D eigenvalue weighted by atomic mass is 10.0. The van der Waals surface area contributed by atoms with E-state index in [2.05, 4.69) is 20.7 Å². The summed E-state index contributed by atoms with van der Waals surface area (Å²) in [5, 5.41) is 21.6. The number of carbonyl (C=O) groups excluding carboxylic acids is 1. The fraction of sp³-hybridized carbons (Fsp3) is 0.345. The van der Waals surface area contributed by atoms with Crippen LogP contribution in [0.1, 0.15) is 28.1 Å². The largest absolute Gasteiger partial charge is 0.383 e. The smallest absolute Gasteiger partial charge is 0.255 e. The Kier molecular flexibility index (Phi) is 8.88. The summed E-state index contributed by atoms with van der Waals surface area (Å²) in [5.74, 6) is -2.03. The van der Waals surface area contributed by atoms with E-state index in [1.165, 1.54) is 22.9 Å². The average molecular weight is 600 g/mol. The summed E-state index contributed by atoms with van der Waals surface area (Å²) in [6, 6.07) is 7.78. The number of benzene rings is 2. The van der Waals surface area contributed by atoms with Crippen molar-refractivity contribution in [3.05, 3.63) is 76.5 Å². The second kappa shape index (κ2) is 12.6. The summed E-state index contributed by atoms with van der Waals surface area (Å²) < 4.78 is 38.9. The zero-order valence-electron chi connectivity index (χ0n) is 23.5. The molecule has 0 aliphatic carbocycles. The van der Waals surface area contributed by atoms with Crippen LogP contribution in [-0.4, -0.2) is 75.1 Å². The number of aliphatic hydroxyl groups is 1. The minimum Gasteiger partial charge on any atom is -0.383 e. The molecule has 0 spiro atoms. The molecule has 2 aromatic carbocycles. The number of hydrogen-bond donors (Lipinski definition) is 3. The Hall–Kier alpha value is -3.84. The number of piperazine rings is 1. The summed E-state index contributed by atoms with van der Waals surface area (Å²) >= 11 is 6.42. The van der Waals surface area contributed by atoms with Crippen LogP contribution in [0.25, 0.3) is 22.4 Å².